The van der Waals surface area contributed by atoms with Gasteiger partial charge in [-0.2, -0.15) is 0 Å². The van der Waals surface area contributed by atoms with Crippen LogP contribution in [0.1, 0.15) is 59.6 Å². The molecule has 2 aliphatic rings. The van der Waals surface area contributed by atoms with Gasteiger partial charge < -0.3 is 14.5 Å². The number of hydrogen-bond donors (Lipinski definition) is 1. The highest BCUT2D eigenvalue weighted by Crippen LogP contribution is 2.44. The summed E-state index contributed by atoms with van der Waals surface area (Å²) in [6.45, 7) is 1.44. The highest BCUT2D eigenvalue weighted by atomic mass is 32.1. The molecule has 4 rings (SSSR count). The van der Waals surface area contributed by atoms with Crippen LogP contribution in [-0.2, 0) is 4.74 Å². The second kappa shape index (κ2) is 5.81. The zero-order valence-corrected chi connectivity index (χ0v) is 12.9. The van der Waals surface area contributed by atoms with Gasteiger partial charge in [-0.1, -0.05) is 0 Å². The highest BCUT2D eigenvalue weighted by Gasteiger charge is 2.29. The fourth-order valence-corrected chi connectivity index (χ4v) is 3.45. The summed E-state index contributed by atoms with van der Waals surface area (Å²) < 4.78 is 10.8. The lowest BCUT2D eigenvalue weighted by molar-refractivity contribution is 0.0794. The number of oxazole rings is 1. The van der Waals surface area contributed by atoms with E-state index >= 15 is 0 Å². The van der Waals surface area contributed by atoms with Gasteiger partial charge in [0.25, 0.3) is 5.91 Å². The molecule has 2 aromatic heterocycles. The van der Waals surface area contributed by atoms with Crippen molar-refractivity contribution >= 4 is 22.2 Å². The molecule has 1 saturated heterocycles. The Balaban J connectivity index is 1.46. The van der Waals surface area contributed by atoms with Crippen molar-refractivity contribution in [1.82, 2.24) is 9.97 Å². The van der Waals surface area contributed by atoms with Gasteiger partial charge in [0, 0.05) is 25.0 Å². The lowest BCUT2D eigenvalue weighted by atomic mass is 10.0. The van der Waals surface area contributed by atoms with Crippen LogP contribution in [0.4, 0.5) is 5.00 Å². The summed E-state index contributed by atoms with van der Waals surface area (Å²) >= 11 is 1.46. The number of amides is 1. The number of anilines is 1. The summed E-state index contributed by atoms with van der Waals surface area (Å²) in [5.74, 6) is 1.17. The average Bonchev–Trinajstić information content (AvgIpc) is 3.09. The standard InChI is InChI=1S/C15H17N3O3S/c19-13(18-15-12(9-1-2-9)16-8-22-15)11-7-21-14(17-11)10-3-5-20-6-4-10/h7-10H,1-6H2,(H,18,19). The summed E-state index contributed by atoms with van der Waals surface area (Å²) in [5, 5.41) is 3.75. The third-order valence-corrected chi connectivity index (χ3v) is 4.87. The summed E-state index contributed by atoms with van der Waals surface area (Å²) in [6, 6.07) is 0. The van der Waals surface area contributed by atoms with Crippen molar-refractivity contribution in [2.75, 3.05) is 18.5 Å². The van der Waals surface area contributed by atoms with Gasteiger partial charge in [0.1, 0.15) is 11.3 Å². The SMILES string of the molecule is O=C(Nc1scnc1C1CC1)c1coc(C2CCOCC2)n1. The summed E-state index contributed by atoms with van der Waals surface area (Å²) in [6.07, 6.45) is 5.54. The first-order valence-corrected chi connectivity index (χ1v) is 8.47. The minimum atomic E-state index is -0.229. The van der Waals surface area contributed by atoms with E-state index in [1.807, 2.05) is 0 Å². The summed E-state index contributed by atoms with van der Waals surface area (Å²) in [4.78, 5) is 21.0. The zero-order valence-electron chi connectivity index (χ0n) is 12.1. The molecule has 0 unspecified atom stereocenters. The lowest BCUT2D eigenvalue weighted by Crippen LogP contribution is -2.15. The second-order valence-electron chi connectivity index (χ2n) is 5.75. The second-order valence-corrected chi connectivity index (χ2v) is 6.61. The molecule has 2 aromatic rings. The fraction of sp³-hybridized carbons (Fsp3) is 0.533. The van der Waals surface area contributed by atoms with Gasteiger partial charge in [-0.15, -0.1) is 11.3 Å². The summed E-state index contributed by atoms with van der Waals surface area (Å²) in [7, 11) is 0. The van der Waals surface area contributed by atoms with Gasteiger partial charge in [-0.05, 0) is 25.7 Å². The molecular weight excluding hydrogens is 302 g/mol. The normalized spacial score (nSPS) is 19.3. The van der Waals surface area contributed by atoms with Crippen LogP contribution in [0.25, 0.3) is 0 Å². The number of aromatic nitrogens is 2. The zero-order chi connectivity index (χ0) is 14.9. The summed E-state index contributed by atoms with van der Waals surface area (Å²) in [5.41, 5.74) is 3.11. The Labute approximate surface area is 131 Å². The number of carbonyl (C=O) groups is 1. The maximum atomic E-state index is 12.3. The van der Waals surface area contributed by atoms with Gasteiger partial charge in [-0.25, -0.2) is 9.97 Å². The molecule has 0 atom stereocenters. The molecule has 7 heteroatoms. The van der Waals surface area contributed by atoms with E-state index in [2.05, 4.69) is 15.3 Å². The minimum absolute atomic E-state index is 0.229. The van der Waals surface area contributed by atoms with E-state index in [1.54, 1.807) is 5.51 Å². The third kappa shape index (κ3) is 2.78. The molecule has 22 heavy (non-hydrogen) atoms. The number of rotatable bonds is 4. The van der Waals surface area contributed by atoms with E-state index < -0.39 is 0 Å². The van der Waals surface area contributed by atoms with Gasteiger partial charge >= 0.3 is 0 Å². The van der Waals surface area contributed by atoms with Crippen molar-refractivity contribution in [2.45, 2.75) is 37.5 Å². The molecular formula is C15H17N3O3S. The van der Waals surface area contributed by atoms with Gasteiger partial charge in [0.15, 0.2) is 11.6 Å². The maximum absolute atomic E-state index is 12.3. The molecule has 1 aliphatic carbocycles. The molecule has 0 spiro atoms. The molecule has 1 amide bonds. The Morgan fingerprint density at radius 1 is 1.23 bits per heavy atom. The molecule has 2 fully saturated rings. The lowest BCUT2D eigenvalue weighted by Gasteiger charge is -2.18. The van der Waals surface area contributed by atoms with E-state index in [9.17, 15) is 4.79 Å². The number of ether oxygens (including phenoxy) is 1. The first-order chi connectivity index (χ1) is 10.8. The molecule has 0 bridgehead atoms. The largest absolute Gasteiger partial charge is 0.448 e. The topological polar surface area (TPSA) is 77.2 Å². The van der Waals surface area contributed by atoms with Crippen LogP contribution in [0.15, 0.2) is 16.2 Å². The van der Waals surface area contributed by atoms with Crippen LogP contribution >= 0.6 is 11.3 Å². The molecule has 1 N–H and O–H groups in total. The Morgan fingerprint density at radius 2 is 2.05 bits per heavy atom. The molecule has 0 radical (unpaired) electrons. The number of nitrogens with one attached hydrogen (secondary N) is 1. The third-order valence-electron chi connectivity index (χ3n) is 4.11. The van der Waals surface area contributed by atoms with E-state index in [0.717, 1.165) is 49.6 Å². The van der Waals surface area contributed by atoms with E-state index in [4.69, 9.17) is 9.15 Å². The Kier molecular flexibility index (Phi) is 3.67. The smallest absolute Gasteiger partial charge is 0.278 e. The number of carbonyl (C=O) groups excluding carboxylic acids is 1. The van der Waals surface area contributed by atoms with Crippen LogP contribution in [0, 0.1) is 0 Å². The van der Waals surface area contributed by atoms with Gasteiger partial charge in [0.2, 0.25) is 0 Å². The van der Waals surface area contributed by atoms with E-state index in [-0.39, 0.29) is 11.8 Å². The minimum Gasteiger partial charge on any atom is -0.448 e. The average molecular weight is 319 g/mol. The van der Waals surface area contributed by atoms with Crippen LogP contribution in [0.2, 0.25) is 0 Å². The van der Waals surface area contributed by atoms with Crippen LogP contribution in [0.3, 0.4) is 0 Å². The monoisotopic (exact) mass is 319 g/mol. The first kappa shape index (κ1) is 13.9. The number of hydrogen-bond acceptors (Lipinski definition) is 6. The van der Waals surface area contributed by atoms with E-state index in [1.165, 1.54) is 17.6 Å². The molecule has 6 nitrogen and oxygen atoms in total. The number of thiazole rings is 1. The van der Waals surface area contributed by atoms with Gasteiger partial charge in [0.05, 0.1) is 11.2 Å². The molecule has 0 aromatic carbocycles. The maximum Gasteiger partial charge on any atom is 0.278 e. The van der Waals surface area contributed by atoms with Crippen LogP contribution in [0.5, 0.6) is 0 Å². The molecule has 3 heterocycles. The van der Waals surface area contributed by atoms with Crippen molar-refractivity contribution < 1.29 is 13.9 Å². The Bertz CT molecular complexity index is 671. The quantitative estimate of drug-likeness (QED) is 0.936. The Hall–Kier alpha value is -1.73. The Morgan fingerprint density at radius 3 is 2.82 bits per heavy atom. The van der Waals surface area contributed by atoms with Crippen molar-refractivity contribution in [2.24, 2.45) is 0 Å². The van der Waals surface area contributed by atoms with E-state index in [0.29, 0.717) is 17.5 Å². The highest BCUT2D eigenvalue weighted by molar-refractivity contribution is 7.14. The van der Waals surface area contributed by atoms with Crippen LogP contribution in [-0.4, -0.2) is 29.1 Å². The predicted molar refractivity (Wildman–Crippen MR) is 81.3 cm³/mol. The van der Waals surface area contributed by atoms with Crippen molar-refractivity contribution in [1.29, 1.82) is 0 Å². The number of nitrogens with zero attached hydrogens (tertiary/aromatic N) is 2. The van der Waals surface area contributed by atoms with Crippen molar-refractivity contribution in [3.05, 3.63) is 29.1 Å². The van der Waals surface area contributed by atoms with Crippen molar-refractivity contribution in [3.8, 4) is 0 Å². The van der Waals surface area contributed by atoms with Gasteiger partial charge in [-0.3, -0.25) is 4.79 Å². The predicted octanol–water partition coefficient (Wildman–Crippen LogP) is 3.15. The molecule has 116 valence electrons. The van der Waals surface area contributed by atoms with Crippen LogP contribution < -0.4 is 5.32 Å². The molecule has 1 aliphatic heterocycles. The fourth-order valence-electron chi connectivity index (χ4n) is 2.69. The molecule has 1 saturated carbocycles. The van der Waals surface area contributed by atoms with Crippen molar-refractivity contribution in [3.63, 3.8) is 0 Å². The first-order valence-electron chi connectivity index (χ1n) is 7.59.